The van der Waals surface area contributed by atoms with Crippen LogP contribution in [0.2, 0.25) is 0 Å². The van der Waals surface area contributed by atoms with E-state index in [1.165, 1.54) is 5.94 Å². The number of benzene rings is 1. The summed E-state index contributed by atoms with van der Waals surface area (Å²) in [6, 6.07) is 11.6. The number of rotatable bonds is 7. The molecule has 0 N–H and O–H groups in total. The van der Waals surface area contributed by atoms with E-state index in [4.69, 9.17) is 9.98 Å². The van der Waals surface area contributed by atoms with Crippen molar-refractivity contribution in [2.24, 2.45) is 10.1 Å². The molecule has 33 heavy (non-hydrogen) atoms. The molecule has 0 aliphatic carbocycles. The Balaban J connectivity index is 1.85. The number of aromatic nitrogens is 3. The second-order valence-electron chi connectivity index (χ2n) is 7.57. The molecule has 1 aliphatic rings. The number of imidazole rings is 1. The van der Waals surface area contributed by atoms with Crippen molar-refractivity contribution in [3.8, 4) is 11.4 Å². The van der Waals surface area contributed by atoms with Crippen LogP contribution in [0.3, 0.4) is 0 Å². The van der Waals surface area contributed by atoms with Crippen molar-refractivity contribution in [1.82, 2.24) is 14.6 Å². The topological polar surface area (TPSA) is 92.8 Å². The van der Waals surface area contributed by atoms with Crippen LogP contribution in [0.5, 0.6) is 0 Å². The van der Waals surface area contributed by atoms with Crippen LogP contribution >= 0.6 is 0 Å². The highest BCUT2D eigenvalue weighted by Crippen LogP contribution is 2.29. The quantitative estimate of drug-likeness (QED) is 0.413. The van der Waals surface area contributed by atoms with E-state index in [-0.39, 0.29) is 5.71 Å². The van der Waals surface area contributed by atoms with Gasteiger partial charge >= 0.3 is 0 Å². The number of fused-ring (bicyclic) bond motifs is 1. The smallest absolute Gasteiger partial charge is 0.219 e. The van der Waals surface area contributed by atoms with Gasteiger partial charge in [0.2, 0.25) is 5.78 Å². The molecule has 3 heterocycles. The number of hydrogen-bond donors (Lipinski definition) is 0. The summed E-state index contributed by atoms with van der Waals surface area (Å²) in [6.07, 6.45) is 2.52. The Kier molecular flexibility index (Phi) is 6.11. The second-order valence-corrected chi connectivity index (χ2v) is 7.57. The molecule has 8 nitrogen and oxygen atoms in total. The number of aliphatic imine (C=N–C) groups is 1. The van der Waals surface area contributed by atoms with Crippen LogP contribution in [0, 0.1) is 13.8 Å². The van der Waals surface area contributed by atoms with Gasteiger partial charge < -0.3 is 4.90 Å². The van der Waals surface area contributed by atoms with Crippen molar-refractivity contribution in [2.45, 2.75) is 27.7 Å². The maximum absolute atomic E-state index is 12.6. The van der Waals surface area contributed by atoms with Crippen molar-refractivity contribution in [3.63, 3.8) is 0 Å². The van der Waals surface area contributed by atoms with Crippen LogP contribution < -0.4 is 4.90 Å². The predicted octanol–water partition coefficient (Wildman–Crippen LogP) is 3.70. The van der Waals surface area contributed by atoms with E-state index >= 15 is 0 Å². The molecule has 0 saturated heterocycles. The Morgan fingerprint density at radius 3 is 2.61 bits per heavy atom. The molecule has 0 fully saturated rings. The van der Waals surface area contributed by atoms with Crippen molar-refractivity contribution in [2.75, 3.05) is 18.0 Å². The number of aryl methyl sites for hydroxylation is 1. The van der Waals surface area contributed by atoms with Gasteiger partial charge in [-0.1, -0.05) is 6.07 Å². The summed E-state index contributed by atoms with van der Waals surface area (Å²) in [5.41, 5.74) is 5.22. The number of ketones is 1. The fraction of sp³-hybridized carbons (Fsp3) is 0.240. The highest BCUT2D eigenvalue weighted by atomic mass is 16.1. The van der Waals surface area contributed by atoms with Crippen LogP contribution in [0.25, 0.3) is 11.4 Å². The summed E-state index contributed by atoms with van der Waals surface area (Å²) >= 11 is 0. The van der Waals surface area contributed by atoms with Crippen LogP contribution in [-0.2, 0) is 9.59 Å². The predicted molar refractivity (Wildman–Crippen MR) is 129 cm³/mol. The monoisotopic (exact) mass is 440 g/mol. The van der Waals surface area contributed by atoms with Gasteiger partial charge in [-0.2, -0.15) is 5.10 Å². The maximum Gasteiger partial charge on any atom is 0.219 e. The molecular weight excluding hydrogens is 416 g/mol. The van der Waals surface area contributed by atoms with Crippen molar-refractivity contribution < 1.29 is 9.59 Å². The summed E-state index contributed by atoms with van der Waals surface area (Å²) in [4.78, 5) is 39.6. The molecule has 0 radical (unpaired) electrons. The number of carbonyl (C=O) groups excluding carboxylic acids is 2. The molecule has 3 aromatic rings. The number of carbonyl (C=O) groups is 1. The minimum Gasteiger partial charge on any atom is -0.372 e. The van der Waals surface area contributed by atoms with E-state index in [1.54, 1.807) is 10.9 Å². The summed E-state index contributed by atoms with van der Waals surface area (Å²) in [5.74, 6) is 1.41. The van der Waals surface area contributed by atoms with Crippen LogP contribution in [-0.4, -0.2) is 50.9 Å². The van der Waals surface area contributed by atoms with Crippen molar-refractivity contribution >= 4 is 34.5 Å². The first-order valence-corrected chi connectivity index (χ1v) is 10.8. The Morgan fingerprint density at radius 2 is 1.97 bits per heavy atom. The molecule has 0 spiro atoms. The van der Waals surface area contributed by atoms with Gasteiger partial charge in [-0.15, -0.1) is 0 Å². The van der Waals surface area contributed by atoms with Gasteiger partial charge in [0.15, 0.2) is 11.5 Å². The van der Waals surface area contributed by atoms with Crippen molar-refractivity contribution in [1.29, 1.82) is 0 Å². The highest BCUT2D eigenvalue weighted by Gasteiger charge is 2.32. The summed E-state index contributed by atoms with van der Waals surface area (Å²) in [7, 11) is 0. The van der Waals surface area contributed by atoms with Crippen LogP contribution in [0.4, 0.5) is 11.4 Å². The normalized spacial score (nSPS) is 13.5. The zero-order valence-corrected chi connectivity index (χ0v) is 19.0. The Hall–Kier alpha value is -4.16. The molecule has 0 amide bonds. The van der Waals surface area contributed by atoms with Crippen LogP contribution in [0.15, 0.2) is 58.8 Å². The number of anilines is 1. The first-order valence-electron chi connectivity index (χ1n) is 10.8. The fourth-order valence-corrected chi connectivity index (χ4v) is 3.83. The average Bonchev–Trinajstić information content (AvgIpc) is 3.34. The van der Waals surface area contributed by atoms with Crippen molar-refractivity contribution in [3.05, 3.63) is 65.8 Å². The van der Waals surface area contributed by atoms with E-state index in [2.05, 4.69) is 34.9 Å². The van der Waals surface area contributed by atoms with E-state index in [0.717, 1.165) is 36.1 Å². The third-order valence-corrected chi connectivity index (χ3v) is 5.59. The number of nitrogens with zero attached hydrogens (tertiary/aromatic N) is 6. The first-order chi connectivity index (χ1) is 16.0. The van der Waals surface area contributed by atoms with E-state index in [1.807, 2.05) is 44.2 Å². The molecule has 1 aliphatic heterocycles. The minimum absolute atomic E-state index is 0.0590. The average molecular weight is 441 g/mol. The van der Waals surface area contributed by atoms with Gasteiger partial charge in [-0.3, -0.25) is 9.78 Å². The third-order valence-electron chi connectivity index (χ3n) is 5.59. The van der Waals surface area contributed by atoms with E-state index < -0.39 is 5.78 Å². The molecule has 0 bridgehead atoms. The molecule has 8 heteroatoms. The third kappa shape index (κ3) is 4.04. The molecule has 0 atom stereocenters. The summed E-state index contributed by atoms with van der Waals surface area (Å²) in [6.45, 7) is 9.86. The summed E-state index contributed by atoms with van der Waals surface area (Å²) in [5, 5.41) is 4.44. The van der Waals surface area contributed by atoms with Crippen LogP contribution in [0.1, 0.15) is 30.9 Å². The number of allylic oxidation sites excluding steroid dienone is 1. The van der Waals surface area contributed by atoms with E-state index in [9.17, 15) is 9.59 Å². The van der Waals surface area contributed by atoms with E-state index in [0.29, 0.717) is 28.6 Å². The molecule has 166 valence electrons. The Morgan fingerprint density at radius 1 is 1.18 bits per heavy atom. The lowest BCUT2D eigenvalue weighted by molar-refractivity contribution is -0.108. The lowest BCUT2D eigenvalue weighted by Crippen LogP contribution is -2.22. The van der Waals surface area contributed by atoms with Gasteiger partial charge in [0.05, 0.1) is 23.2 Å². The molecule has 4 rings (SSSR count). The highest BCUT2D eigenvalue weighted by molar-refractivity contribution is 6.73. The second kappa shape index (κ2) is 9.14. The Bertz CT molecular complexity index is 1330. The zero-order valence-electron chi connectivity index (χ0n) is 19.0. The number of hydrogen-bond acceptors (Lipinski definition) is 7. The molecule has 0 saturated carbocycles. The Labute approximate surface area is 192 Å². The zero-order chi connectivity index (χ0) is 23.5. The van der Waals surface area contributed by atoms with Gasteiger partial charge in [0.25, 0.3) is 0 Å². The lowest BCUT2D eigenvalue weighted by atomic mass is 10.1. The number of pyridine rings is 1. The molecular formula is C25H24N6O2. The largest absolute Gasteiger partial charge is 0.372 e. The SMILES string of the molecule is CCN(CC)c1ccc(N=C2C(C(=O)C=C=O)=Nn3c2nc(-c2ccccn2)c3C)c(C)c1. The maximum atomic E-state index is 12.6. The minimum atomic E-state index is -0.564. The van der Waals surface area contributed by atoms with Gasteiger partial charge in [-0.25, -0.2) is 19.4 Å². The van der Waals surface area contributed by atoms with Gasteiger partial charge in [0.1, 0.15) is 17.3 Å². The molecule has 1 aromatic carbocycles. The molecule has 0 unspecified atom stereocenters. The summed E-state index contributed by atoms with van der Waals surface area (Å²) < 4.78 is 1.58. The van der Waals surface area contributed by atoms with Gasteiger partial charge in [0, 0.05) is 25.0 Å². The molecule has 2 aromatic heterocycles. The first kappa shape index (κ1) is 22.0. The fourth-order valence-electron chi connectivity index (χ4n) is 3.83. The standard InChI is InChI=1S/C25H24N6O2/c1-5-30(6-2)18-10-11-19(16(3)15-18)27-24-23(21(33)12-14-32)29-31-17(4)22(28-25(24)31)20-9-7-8-13-26-20/h7-13,15H,5-6H2,1-4H3. The lowest BCUT2D eigenvalue weighted by Gasteiger charge is -2.21. The van der Waals surface area contributed by atoms with Gasteiger partial charge in [-0.05, 0) is 63.6 Å².